The van der Waals surface area contributed by atoms with Crippen LogP contribution in [0.15, 0.2) is 0 Å². The van der Waals surface area contributed by atoms with Gasteiger partial charge in [0.05, 0.1) is 0 Å². The summed E-state index contributed by atoms with van der Waals surface area (Å²) in [5.74, 6) is 0. The summed E-state index contributed by atoms with van der Waals surface area (Å²) in [4.78, 5) is 0. The molecule has 0 unspecified atom stereocenters. The normalized spacial score (nSPS) is 8.10. The van der Waals surface area contributed by atoms with Gasteiger partial charge in [-0.05, 0) is 14.1 Å². The zero-order valence-electron chi connectivity index (χ0n) is 7.26. The smallest absolute Gasteiger partial charge is 0.371 e. The van der Waals surface area contributed by atoms with E-state index in [-0.39, 0.29) is 24.8 Å². The zero-order valence-corrected chi connectivity index (χ0v) is 10.0. The lowest BCUT2D eigenvalue weighted by Gasteiger charge is -2.14. The number of nitrogens with zero attached hydrogens (tertiary/aromatic N) is 1. The van der Waals surface area contributed by atoms with E-state index in [2.05, 4.69) is 31.8 Å². The summed E-state index contributed by atoms with van der Waals surface area (Å²) in [5.41, 5.74) is 0. The van der Waals surface area contributed by atoms with Gasteiger partial charge in [0.2, 0.25) is 0 Å². The van der Waals surface area contributed by atoms with Gasteiger partial charge in [0, 0.05) is 0 Å². The van der Waals surface area contributed by atoms with Crippen LogP contribution in [-0.4, -0.2) is 32.3 Å². The lowest BCUT2D eigenvalue weighted by Crippen LogP contribution is -2.30. The van der Waals surface area contributed by atoms with Crippen LogP contribution in [0.1, 0.15) is 13.8 Å². The topological polar surface area (TPSA) is 3.24 Å². The molecular weight excluding hydrogens is 184 g/mol. The Morgan fingerprint density at radius 1 is 1.00 bits per heavy atom. The van der Waals surface area contributed by atoms with Crippen LogP contribution < -0.4 is 0 Å². The first kappa shape index (κ1) is 17.2. The van der Waals surface area contributed by atoms with Crippen molar-refractivity contribution in [3.8, 4) is 0 Å². The molecule has 0 bridgehead atoms. The van der Waals surface area contributed by atoms with Gasteiger partial charge in [-0.3, -0.25) is 0 Å². The fourth-order valence-corrected chi connectivity index (χ4v) is 3.06. The van der Waals surface area contributed by atoms with E-state index in [0.717, 1.165) is 0 Å². The van der Waals surface area contributed by atoms with Gasteiger partial charge in [0.15, 0.2) is 0 Å². The van der Waals surface area contributed by atoms with Gasteiger partial charge in [-0.1, -0.05) is 24.4 Å². The molecule has 0 heterocycles. The second-order valence-corrected chi connectivity index (χ2v) is 6.41. The highest BCUT2D eigenvalue weighted by Gasteiger charge is 2.14. The maximum atomic E-state index is 2.42. The van der Waals surface area contributed by atoms with Crippen LogP contribution in [-0.2, 0) is 0 Å². The Kier molecular flexibility index (Phi) is 17.4. The SMILES string of the molecule is C[CH2][Al]([CH2]C)[N](C)C.Cl.Cl. The van der Waals surface area contributed by atoms with E-state index in [1.165, 1.54) is 10.6 Å². The van der Waals surface area contributed by atoms with Crippen molar-refractivity contribution in [3.05, 3.63) is 0 Å². The van der Waals surface area contributed by atoms with E-state index >= 15 is 0 Å². The quantitative estimate of drug-likeness (QED) is 0.635. The number of hydrogen-bond donors (Lipinski definition) is 0. The molecule has 1 nitrogen and oxygen atoms in total. The molecule has 0 fully saturated rings. The maximum Gasteiger partial charge on any atom is 0.371 e. The summed E-state index contributed by atoms with van der Waals surface area (Å²) in [6, 6.07) is 0. The van der Waals surface area contributed by atoms with E-state index in [1.807, 2.05) is 0 Å². The lowest BCUT2D eigenvalue weighted by atomic mass is 10.9. The van der Waals surface area contributed by atoms with Gasteiger partial charge in [0.25, 0.3) is 0 Å². The van der Waals surface area contributed by atoms with Crippen LogP contribution in [0, 0.1) is 0 Å². The monoisotopic (exact) mass is 201 g/mol. The number of rotatable bonds is 3. The molecule has 4 heteroatoms. The molecule has 0 N–H and O–H groups in total. The molecule has 64 valence electrons. The minimum absolute atomic E-state index is 0. The standard InChI is InChI=1S/C2H6N.2C2H5.Al.2ClH/c1-3-2;2*1-2;;;/h1-2H3;2*1H2,2H3;;2*1H/q-1;;;+1;;. The van der Waals surface area contributed by atoms with E-state index in [0.29, 0.717) is 0 Å². The number of hydrogen-bond acceptors (Lipinski definition) is 1. The van der Waals surface area contributed by atoms with E-state index < -0.39 is 14.4 Å². The van der Waals surface area contributed by atoms with Crippen molar-refractivity contribution in [1.82, 2.24) is 3.88 Å². The fraction of sp³-hybridized carbons (Fsp3) is 1.00. The van der Waals surface area contributed by atoms with Crippen molar-refractivity contribution >= 4 is 39.2 Å². The van der Waals surface area contributed by atoms with Crippen LogP contribution in [0.25, 0.3) is 0 Å². The predicted molar refractivity (Wildman–Crippen MR) is 54.9 cm³/mol. The van der Waals surface area contributed by atoms with Gasteiger partial charge in [-0.2, -0.15) is 0 Å². The Labute approximate surface area is 81.6 Å². The van der Waals surface area contributed by atoms with Gasteiger partial charge >= 0.3 is 14.4 Å². The van der Waals surface area contributed by atoms with E-state index in [1.54, 1.807) is 0 Å². The van der Waals surface area contributed by atoms with Gasteiger partial charge in [-0.25, -0.2) is 0 Å². The summed E-state index contributed by atoms with van der Waals surface area (Å²) in [5, 5.41) is 2.81. The second-order valence-electron chi connectivity index (χ2n) is 2.43. The molecule has 0 aromatic heterocycles. The molecule has 0 aliphatic rings. The Morgan fingerprint density at radius 3 is 1.30 bits per heavy atom. The van der Waals surface area contributed by atoms with E-state index in [4.69, 9.17) is 0 Å². The summed E-state index contributed by atoms with van der Waals surface area (Å²) in [6.07, 6.45) is 0. The first-order chi connectivity index (χ1) is 3.72. The summed E-state index contributed by atoms with van der Waals surface area (Å²) in [7, 11) is 4.40. The predicted octanol–water partition coefficient (Wildman–Crippen LogP) is 2.42. The van der Waals surface area contributed by atoms with Crippen LogP contribution in [0.2, 0.25) is 10.6 Å². The van der Waals surface area contributed by atoms with Crippen LogP contribution in [0.3, 0.4) is 0 Å². The average Bonchev–Trinajstić information content (AvgIpc) is 1.69. The fourth-order valence-electron chi connectivity index (χ4n) is 1.02. The highest BCUT2D eigenvalue weighted by molar-refractivity contribution is 6.55. The molecule has 0 aromatic rings. The Bertz CT molecular complexity index is 57.7. The summed E-state index contributed by atoms with van der Waals surface area (Å²) in [6.45, 7) is 4.58. The zero-order chi connectivity index (χ0) is 6.57. The number of halogens is 2. The van der Waals surface area contributed by atoms with Crippen molar-refractivity contribution in [2.75, 3.05) is 14.1 Å². The largest absolute Gasteiger partial charge is 0.390 e. The van der Waals surface area contributed by atoms with Gasteiger partial charge in [-0.15, -0.1) is 24.8 Å². The molecule has 0 aliphatic carbocycles. The Balaban J connectivity index is -0.000000245. The maximum absolute atomic E-state index is 2.42. The molecule has 0 aromatic carbocycles. The third-order valence-corrected chi connectivity index (χ3v) is 5.02. The third-order valence-electron chi connectivity index (χ3n) is 1.67. The molecule has 0 aliphatic heterocycles. The first-order valence-corrected chi connectivity index (χ1v) is 5.53. The summed E-state index contributed by atoms with van der Waals surface area (Å²) >= 11 is -0.432. The molecule has 10 heavy (non-hydrogen) atoms. The highest BCUT2D eigenvalue weighted by atomic mass is 35.5. The third kappa shape index (κ3) is 7.18. The Hall–Kier alpha value is 1.07. The molecular formula is C6H18AlCl2N. The van der Waals surface area contributed by atoms with Crippen molar-refractivity contribution in [3.63, 3.8) is 0 Å². The van der Waals surface area contributed by atoms with Crippen molar-refractivity contribution in [2.24, 2.45) is 0 Å². The van der Waals surface area contributed by atoms with Gasteiger partial charge in [0.1, 0.15) is 0 Å². The van der Waals surface area contributed by atoms with Crippen molar-refractivity contribution in [2.45, 2.75) is 24.4 Å². The molecule has 0 rings (SSSR count). The average molecular weight is 202 g/mol. The van der Waals surface area contributed by atoms with Crippen LogP contribution in [0.5, 0.6) is 0 Å². The molecule has 0 saturated carbocycles. The lowest BCUT2D eigenvalue weighted by molar-refractivity contribution is 0.634. The van der Waals surface area contributed by atoms with Crippen LogP contribution >= 0.6 is 24.8 Å². The van der Waals surface area contributed by atoms with Crippen molar-refractivity contribution in [1.29, 1.82) is 0 Å². The molecule has 0 spiro atoms. The molecule has 0 amide bonds. The molecule has 0 saturated heterocycles. The first-order valence-electron chi connectivity index (χ1n) is 3.38. The minimum atomic E-state index is -0.432. The van der Waals surface area contributed by atoms with E-state index in [9.17, 15) is 0 Å². The molecule has 0 atom stereocenters. The minimum Gasteiger partial charge on any atom is -0.390 e. The molecule has 0 radical (unpaired) electrons. The van der Waals surface area contributed by atoms with Crippen LogP contribution in [0.4, 0.5) is 0 Å². The second kappa shape index (κ2) is 10.1. The Morgan fingerprint density at radius 2 is 1.30 bits per heavy atom. The highest BCUT2D eigenvalue weighted by Crippen LogP contribution is 1.98. The summed E-state index contributed by atoms with van der Waals surface area (Å²) < 4.78 is 2.42. The van der Waals surface area contributed by atoms with Gasteiger partial charge < -0.3 is 3.88 Å². The van der Waals surface area contributed by atoms with Crippen molar-refractivity contribution < 1.29 is 0 Å².